The number of ether oxygens (including phenoxy) is 1. The zero-order chi connectivity index (χ0) is 10.2. The Kier molecular flexibility index (Phi) is 7.29. The lowest BCUT2D eigenvalue weighted by Crippen LogP contribution is -2.30. The molecule has 1 N–H and O–H groups in total. The fourth-order valence-corrected chi connectivity index (χ4v) is 1.38. The number of rotatable bonds is 8. The van der Waals surface area contributed by atoms with E-state index >= 15 is 0 Å². The summed E-state index contributed by atoms with van der Waals surface area (Å²) in [4.78, 5) is 0. The Labute approximate surface area is 83.1 Å². The van der Waals surface area contributed by atoms with Crippen LogP contribution in [0.3, 0.4) is 0 Å². The lowest BCUT2D eigenvalue weighted by Gasteiger charge is -2.27. The Morgan fingerprint density at radius 1 is 1.23 bits per heavy atom. The van der Waals surface area contributed by atoms with Gasteiger partial charge in [-0.15, -0.1) is 0 Å². The van der Waals surface area contributed by atoms with Crippen LogP contribution >= 0.6 is 0 Å². The van der Waals surface area contributed by atoms with Crippen LogP contribution in [0.25, 0.3) is 0 Å². The molecule has 0 saturated heterocycles. The van der Waals surface area contributed by atoms with Gasteiger partial charge in [0.25, 0.3) is 0 Å². The van der Waals surface area contributed by atoms with Gasteiger partial charge in [-0.1, -0.05) is 20.8 Å². The van der Waals surface area contributed by atoms with Gasteiger partial charge in [-0.2, -0.15) is 0 Å². The largest absolute Gasteiger partial charge is 0.381 e. The summed E-state index contributed by atoms with van der Waals surface area (Å²) in [6.07, 6.45) is 3.49. The van der Waals surface area contributed by atoms with Crippen molar-refractivity contribution in [3.05, 3.63) is 0 Å². The maximum absolute atomic E-state index is 5.50. The first kappa shape index (κ1) is 12.9. The van der Waals surface area contributed by atoms with Crippen LogP contribution in [0.4, 0.5) is 0 Å². The van der Waals surface area contributed by atoms with Crippen LogP contribution in [0.2, 0.25) is 0 Å². The highest BCUT2D eigenvalue weighted by Gasteiger charge is 2.20. The van der Waals surface area contributed by atoms with Gasteiger partial charge in [-0.25, -0.2) is 0 Å². The van der Waals surface area contributed by atoms with E-state index < -0.39 is 0 Å². The molecule has 2 nitrogen and oxygen atoms in total. The second kappa shape index (κ2) is 7.34. The minimum atomic E-state index is 0.405. The third-order valence-electron chi connectivity index (χ3n) is 2.66. The molecule has 0 rings (SSSR count). The van der Waals surface area contributed by atoms with Gasteiger partial charge in [-0.3, -0.25) is 0 Å². The second-order valence-electron chi connectivity index (χ2n) is 4.06. The van der Waals surface area contributed by atoms with Gasteiger partial charge in [0.1, 0.15) is 0 Å². The minimum absolute atomic E-state index is 0.405. The van der Waals surface area contributed by atoms with Gasteiger partial charge in [0.05, 0.1) is 0 Å². The van der Waals surface area contributed by atoms with Gasteiger partial charge in [0, 0.05) is 19.8 Å². The first-order valence-electron chi connectivity index (χ1n) is 5.41. The van der Waals surface area contributed by atoms with E-state index in [1.165, 1.54) is 6.42 Å². The molecule has 0 amide bonds. The zero-order valence-corrected chi connectivity index (χ0v) is 9.65. The number of hydrogen-bond donors (Lipinski definition) is 1. The molecule has 0 aromatic rings. The third-order valence-corrected chi connectivity index (χ3v) is 2.66. The average Bonchev–Trinajstić information content (AvgIpc) is 2.13. The molecular formula is C11H25NO. The van der Waals surface area contributed by atoms with Crippen LogP contribution in [0, 0.1) is 5.41 Å². The fraction of sp³-hybridized carbons (Fsp3) is 1.00. The maximum atomic E-state index is 5.50. The van der Waals surface area contributed by atoms with E-state index in [9.17, 15) is 0 Å². The van der Waals surface area contributed by atoms with Crippen LogP contribution in [-0.4, -0.2) is 26.8 Å². The van der Waals surface area contributed by atoms with Crippen LogP contribution in [0.15, 0.2) is 0 Å². The molecule has 0 aliphatic heterocycles. The van der Waals surface area contributed by atoms with Crippen molar-refractivity contribution in [1.29, 1.82) is 0 Å². The molecular weight excluding hydrogens is 162 g/mol. The first-order chi connectivity index (χ1) is 6.18. The molecule has 0 aliphatic carbocycles. The maximum Gasteiger partial charge on any atom is 0.0471 e. The summed E-state index contributed by atoms with van der Waals surface area (Å²) < 4.78 is 5.50. The molecule has 0 radical (unpaired) electrons. The van der Waals surface area contributed by atoms with E-state index in [2.05, 4.69) is 26.1 Å². The predicted molar refractivity (Wildman–Crippen MR) is 58.1 cm³/mol. The van der Waals surface area contributed by atoms with Crippen molar-refractivity contribution >= 4 is 0 Å². The SMILES string of the molecule is CCCOCCC(C)(CC)CNC. The van der Waals surface area contributed by atoms with Crippen molar-refractivity contribution in [1.82, 2.24) is 5.32 Å². The van der Waals surface area contributed by atoms with Crippen molar-refractivity contribution in [3.63, 3.8) is 0 Å². The molecule has 80 valence electrons. The topological polar surface area (TPSA) is 21.3 Å². The van der Waals surface area contributed by atoms with E-state index in [0.29, 0.717) is 5.41 Å². The van der Waals surface area contributed by atoms with Gasteiger partial charge in [0.2, 0.25) is 0 Å². The normalized spacial score (nSPS) is 15.7. The lowest BCUT2D eigenvalue weighted by atomic mass is 9.84. The van der Waals surface area contributed by atoms with Gasteiger partial charge < -0.3 is 10.1 Å². The van der Waals surface area contributed by atoms with Crippen molar-refractivity contribution in [2.24, 2.45) is 5.41 Å². The van der Waals surface area contributed by atoms with E-state index in [0.717, 1.165) is 32.6 Å². The molecule has 0 saturated carbocycles. The third kappa shape index (κ3) is 6.05. The Morgan fingerprint density at radius 3 is 2.38 bits per heavy atom. The molecule has 2 heteroatoms. The van der Waals surface area contributed by atoms with E-state index in [1.807, 2.05) is 7.05 Å². The lowest BCUT2D eigenvalue weighted by molar-refractivity contribution is 0.0976. The Hall–Kier alpha value is -0.0800. The van der Waals surface area contributed by atoms with Gasteiger partial charge in [-0.05, 0) is 31.7 Å². The molecule has 0 heterocycles. The molecule has 0 spiro atoms. The van der Waals surface area contributed by atoms with Crippen molar-refractivity contribution < 1.29 is 4.74 Å². The minimum Gasteiger partial charge on any atom is -0.381 e. The van der Waals surface area contributed by atoms with Crippen molar-refractivity contribution in [2.45, 2.75) is 40.0 Å². The number of hydrogen-bond acceptors (Lipinski definition) is 2. The van der Waals surface area contributed by atoms with Crippen LogP contribution in [-0.2, 0) is 4.74 Å². The average molecular weight is 187 g/mol. The zero-order valence-electron chi connectivity index (χ0n) is 9.65. The smallest absolute Gasteiger partial charge is 0.0471 e. The first-order valence-corrected chi connectivity index (χ1v) is 5.41. The molecule has 1 atom stereocenters. The molecule has 0 aromatic heterocycles. The summed E-state index contributed by atoms with van der Waals surface area (Å²) in [6, 6.07) is 0. The predicted octanol–water partition coefficient (Wildman–Crippen LogP) is 2.44. The number of nitrogens with one attached hydrogen (secondary N) is 1. The summed E-state index contributed by atoms with van der Waals surface area (Å²) in [6.45, 7) is 9.60. The molecule has 0 aliphatic rings. The Balaban J connectivity index is 3.57. The Bertz CT molecular complexity index is 117. The van der Waals surface area contributed by atoms with Crippen molar-refractivity contribution in [3.8, 4) is 0 Å². The van der Waals surface area contributed by atoms with Crippen LogP contribution < -0.4 is 5.32 Å². The van der Waals surface area contributed by atoms with Crippen LogP contribution in [0.1, 0.15) is 40.0 Å². The molecule has 1 unspecified atom stereocenters. The summed E-state index contributed by atoms with van der Waals surface area (Å²) in [5, 5.41) is 3.24. The highest BCUT2D eigenvalue weighted by molar-refractivity contribution is 4.74. The standard InChI is InChI=1S/C11H25NO/c1-5-8-13-9-7-11(3,6-2)10-12-4/h12H,5-10H2,1-4H3. The summed E-state index contributed by atoms with van der Waals surface area (Å²) >= 11 is 0. The second-order valence-corrected chi connectivity index (χ2v) is 4.06. The highest BCUT2D eigenvalue weighted by atomic mass is 16.5. The fourth-order valence-electron chi connectivity index (χ4n) is 1.38. The van der Waals surface area contributed by atoms with Gasteiger partial charge >= 0.3 is 0 Å². The quantitative estimate of drug-likeness (QED) is 0.589. The summed E-state index contributed by atoms with van der Waals surface area (Å²) in [5.74, 6) is 0. The van der Waals surface area contributed by atoms with E-state index in [4.69, 9.17) is 4.74 Å². The molecule has 0 fully saturated rings. The van der Waals surface area contributed by atoms with E-state index in [-0.39, 0.29) is 0 Å². The molecule has 0 bridgehead atoms. The van der Waals surface area contributed by atoms with Gasteiger partial charge in [0.15, 0.2) is 0 Å². The highest BCUT2D eigenvalue weighted by Crippen LogP contribution is 2.24. The molecule has 13 heavy (non-hydrogen) atoms. The summed E-state index contributed by atoms with van der Waals surface area (Å²) in [7, 11) is 2.01. The van der Waals surface area contributed by atoms with Crippen molar-refractivity contribution in [2.75, 3.05) is 26.8 Å². The monoisotopic (exact) mass is 187 g/mol. The van der Waals surface area contributed by atoms with E-state index in [1.54, 1.807) is 0 Å². The molecule has 0 aromatic carbocycles. The van der Waals surface area contributed by atoms with Crippen LogP contribution in [0.5, 0.6) is 0 Å². The summed E-state index contributed by atoms with van der Waals surface area (Å²) in [5.41, 5.74) is 0.405. The Morgan fingerprint density at radius 2 is 1.92 bits per heavy atom.